The molecule has 2 N–H and O–H groups in total. The summed E-state index contributed by atoms with van der Waals surface area (Å²) < 4.78 is 13.2. The van der Waals surface area contributed by atoms with E-state index >= 15 is 0 Å². The minimum Gasteiger partial charge on any atom is -0.321 e. The van der Waals surface area contributed by atoms with E-state index in [0.717, 1.165) is 23.0 Å². The van der Waals surface area contributed by atoms with Gasteiger partial charge >= 0.3 is 0 Å². The van der Waals surface area contributed by atoms with Gasteiger partial charge in [0.25, 0.3) is 5.91 Å². The quantitative estimate of drug-likeness (QED) is 0.623. The predicted octanol–water partition coefficient (Wildman–Crippen LogP) is 4.76. The van der Waals surface area contributed by atoms with Crippen molar-refractivity contribution in [3.05, 3.63) is 76.0 Å². The lowest BCUT2D eigenvalue weighted by atomic mass is 10.1. The Hall–Kier alpha value is -2.77. The van der Waals surface area contributed by atoms with Crippen molar-refractivity contribution in [2.75, 3.05) is 10.6 Å². The number of anilines is 2. The number of nitrogens with one attached hydrogen (secondary N) is 2. The van der Waals surface area contributed by atoms with Crippen LogP contribution in [-0.4, -0.2) is 16.8 Å². The Morgan fingerprint density at radius 3 is 2.63 bits per heavy atom. The lowest BCUT2D eigenvalue weighted by Crippen LogP contribution is -2.14. The Balaban J connectivity index is 1.54. The molecule has 0 bridgehead atoms. The molecule has 0 saturated carbocycles. The Kier molecular flexibility index (Phi) is 6.16. The molecule has 0 saturated heterocycles. The number of rotatable bonds is 6. The third kappa shape index (κ3) is 5.35. The number of amides is 2. The molecule has 8 heteroatoms. The van der Waals surface area contributed by atoms with Gasteiger partial charge in [-0.2, -0.15) is 0 Å². The SMILES string of the molecule is O=C(CCc1ccccc1)Nc1nc(C(=O)Nc2ccc(F)c(Cl)c2)cs1. The number of carbonyl (C=O) groups is 2. The molecule has 2 aromatic carbocycles. The molecule has 0 radical (unpaired) electrons. The molecule has 138 valence electrons. The molecule has 0 aliphatic rings. The van der Waals surface area contributed by atoms with Crippen molar-refractivity contribution in [3.8, 4) is 0 Å². The number of aryl methyl sites for hydroxylation is 1. The molecule has 0 aliphatic carbocycles. The molecule has 27 heavy (non-hydrogen) atoms. The maximum atomic E-state index is 13.2. The number of benzene rings is 2. The molecule has 0 fully saturated rings. The Labute approximate surface area is 164 Å². The molecule has 3 rings (SSSR count). The summed E-state index contributed by atoms with van der Waals surface area (Å²) in [5, 5.41) is 7.06. The molecule has 1 heterocycles. The second-order valence-corrected chi connectivity index (χ2v) is 6.92. The zero-order valence-electron chi connectivity index (χ0n) is 14.0. The molecule has 0 spiro atoms. The van der Waals surface area contributed by atoms with Gasteiger partial charge in [-0.15, -0.1) is 11.3 Å². The van der Waals surface area contributed by atoms with Gasteiger partial charge in [-0.05, 0) is 30.2 Å². The van der Waals surface area contributed by atoms with E-state index in [2.05, 4.69) is 15.6 Å². The van der Waals surface area contributed by atoms with Crippen LogP contribution < -0.4 is 10.6 Å². The topological polar surface area (TPSA) is 71.1 Å². The second kappa shape index (κ2) is 8.75. The summed E-state index contributed by atoms with van der Waals surface area (Å²) in [6, 6.07) is 13.6. The Bertz CT molecular complexity index is 963. The summed E-state index contributed by atoms with van der Waals surface area (Å²) in [6.45, 7) is 0. The third-order valence-electron chi connectivity index (χ3n) is 3.64. The number of hydrogen-bond acceptors (Lipinski definition) is 4. The summed E-state index contributed by atoms with van der Waals surface area (Å²) in [7, 11) is 0. The van der Waals surface area contributed by atoms with E-state index in [-0.39, 0.29) is 16.6 Å². The minimum atomic E-state index is -0.566. The zero-order chi connectivity index (χ0) is 19.2. The fraction of sp³-hybridized carbons (Fsp3) is 0.105. The van der Waals surface area contributed by atoms with Crippen LogP contribution in [0.1, 0.15) is 22.5 Å². The number of halogens is 2. The summed E-state index contributed by atoms with van der Waals surface area (Å²) in [4.78, 5) is 28.3. The molecule has 0 atom stereocenters. The molecule has 2 amide bonds. The number of aromatic nitrogens is 1. The van der Waals surface area contributed by atoms with Gasteiger partial charge in [0.1, 0.15) is 11.5 Å². The van der Waals surface area contributed by atoms with E-state index in [1.165, 1.54) is 17.5 Å². The van der Waals surface area contributed by atoms with Crippen LogP contribution in [0.4, 0.5) is 15.2 Å². The van der Waals surface area contributed by atoms with Gasteiger partial charge < -0.3 is 10.6 Å². The lowest BCUT2D eigenvalue weighted by molar-refractivity contribution is -0.116. The van der Waals surface area contributed by atoms with Crippen LogP contribution in [0.3, 0.4) is 0 Å². The molecule has 0 aliphatic heterocycles. The van der Waals surface area contributed by atoms with Gasteiger partial charge in [0.2, 0.25) is 5.91 Å². The second-order valence-electron chi connectivity index (χ2n) is 5.65. The van der Waals surface area contributed by atoms with Crippen molar-refractivity contribution in [3.63, 3.8) is 0 Å². The Morgan fingerprint density at radius 2 is 1.89 bits per heavy atom. The molecular weight excluding hydrogens is 389 g/mol. The lowest BCUT2D eigenvalue weighted by Gasteiger charge is -2.04. The highest BCUT2D eigenvalue weighted by atomic mass is 35.5. The highest BCUT2D eigenvalue weighted by Crippen LogP contribution is 2.21. The van der Waals surface area contributed by atoms with E-state index < -0.39 is 11.7 Å². The number of nitrogens with zero attached hydrogens (tertiary/aromatic N) is 1. The smallest absolute Gasteiger partial charge is 0.275 e. The summed E-state index contributed by atoms with van der Waals surface area (Å²) in [5.74, 6) is -1.21. The van der Waals surface area contributed by atoms with Gasteiger partial charge in [0.15, 0.2) is 5.13 Å². The van der Waals surface area contributed by atoms with Gasteiger partial charge in [-0.1, -0.05) is 41.9 Å². The Morgan fingerprint density at radius 1 is 1.11 bits per heavy atom. The summed E-state index contributed by atoms with van der Waals surface area (Å²) >= 11 is 6.85. The van der Waals surface area contributed by atoms with Crippen molar-refractivity contribution in [2.45, 2.75) is 12.8 Å². The van der Waals surface area contributed by atoms with E-state index in [0.29, 0.717) is 23.7 Å². The van der Waals surface area contributed by atoms with Gasteiger partial charge in [-0.3, -0.25) is 9.59 Å². The van der Waals surface area contributed by atoms with Crippen molar-refractivity contribution in [1.82, 2.24) is 4.98 Å². The summed E-state index contributed by atoms with van der Waals surface area (Å²) in [5.41, 5.74) is 1.58. The molecule has 5 nitrogen and oxygen atoms in total. The normalized spacial score (nSPS) is 10.4. The van der Waals surface area contributed by atoms with Crippen LogP contribution in [0.2, 0.25) is 5.02 Å². The van der Waals surface area contributed by atoms with E-state index in [4.69, 9.17) is 11.6 Å². The molecule has 1 aromatic heterocycles. The van der Waals surface area contributed by atoms with Crippen LogP contribution in [0.15, 0.2) is 53.9 Å². The zero-order valence-corrected chi connectivity index (χ0v) is 15.6. The van der Waals surface area contributed by atoms with Crippen molar-refractivity contribution >= 4 is 45.6 Å². The van der Waals surface area contributed by atoms with E-state index in [1.807, 2.05) is 30.3 Å². The molecule has 0 unspecified atom stereocenters. The molecule has 3 aromatic rings. The first-order chi connectivity index (χ1) is 13.0. The number of hydrogen-bond donors (Lipinski definition) is 2. The highest BCUT2D eigenvalue weighted by molar-refractivity contribution is 7.14. The fourth-order valence-corrected chi connectivity index (χ4v) is 3.18. The van der Waals surface area contributed by atoms with Gasteiger partial charge in [0.05, 0.1) is 5.02 Å². The monoisotopic (exact) mass is 403 g/mol. The van der Waals surface area contributed by atoms with Crippen LogP contribution >= 0.6 is 22.9 Å². The first-order valence-electron chi connectivity index (χ1n) is 8.07. The van der Waals surface area contributed by atoms with Crippen molar-refractivity contribution < 1.29 is 14.0 Å². The van der Waals surface area contributed by atoms with Crippen LogP contribution in [0, 0.1) is 5.82 Å². The standard InChI is InChI=1S/C19H15ClFN3O2S/c20-14-10-13(7-8-15(14)21)22-18(26)16-11-27-19(23-16)24-17(25)9-6-12-4-2-1-3-5-12/h1-5,7-8,10-11H,6,9H2,(H,22,26)(H,23,24,25). The third-order valence-corrected chi connectivity index (χ3v) is 4.69. The van der Waals surface area contributed by atoms with E-state index in [1.54, 1.807) is 0 Å². The number of thiazole rings is 1. The first kappa shape index (κ1) is 19.0. The maximum absolute atomic E-state index is 13.2. The van der Waals surface area contributed by atoms with Crippen molar-refractivity contribution in [1.29, 1.82) is 0 Å². The average Bonchev–Trinajstić information content (AvgIpc) is 3.12. The largest absolute Gasteiger partial charge is 0.321 e. The van der Waals surface area contributed by atoms with Crippen LogP contribution in [0.25, 0.3) is 0 Å². The fourth-order valence-electron chi connectivity index (χ4n) is 2.29. The van der Waals surface area contributed by atoms with Crippen molar-refractivity contribution in [2.24, 2.45) is 0 Å². The maximum Gasteiger partial charge on any atom is 0.275 e. The van der Waals surface area contributed by atoms with Gasteiger partial charge in [-0.25, -0.2) is 9.37 Å². The number of carbonyl (C=O) groups excluding carboxylic acids is 2. The first-order valence-corrected chi connectivity index (χ1v) is 9.33. The molecular formula is C19H15ClFN3O2S. The average molecular weight is 404 g/mol. The predicted molar refractivity (Wildman–Crippen MR) is 105 cm³/mol. The van der Waals surface area contributed by atoms with Crippen LogP contribution in [-0.2, 0) is 11.2 Å². The highest BCUT2D eigenvalue weighted by Gasteiger charge is 2.13. The minimum absolute atomic E-state index is 0.0857. The van der Waals surface area contributed by atoms with E-state index in [9.17, 15) is 14.0 Å². The van der Waals surface area contributed by atoms with Crippen LogP contribution in [0.5, 0.6) is 0 Å². The van der Waals surface area contributed by atoms with Gasteiger partial charge in [0, 0.05) is 17.5 Å². The summed E-state index contributed by atoms with van der Waals surface area (Å²) in [6.07, 6.45) is 0.940.